The third kappa shape index (κ3) is 0.801. The van der Waals surface area contributed by atoms with Crippen molar-refractivity contribution in [2.75, 3.05) is 13.3 Å². The van der Waals surface area contributed by atoms with Gasteiger partial charge in [-0.1, -0.05) is 0 Å². The second-order valence-corrected chi connectivity index (χ2v) is 1.58. The Bertz CT molecular complexity index is 104. The molecule has 0 aromatic heterocycles. The lowest BCUT2D eigenvalue weighted by Crippen LogP contribution is -2.30. The molecule has 1 aliphatic rings. The Morgan fingerprint density at radius 3 is 3.00 bits per heavy atom. The van der Waals surface area contributed by atoms with Crippen molar-refractivity contribution in [3.63, 3.8) is 0 Å². The van der Waals surface area contributed by atoms with Gasteiger partial charge >= 0.3 is 0 Å². The third-order valence-electron chi connectivity index (χ3n) is 1.04. The van der Waals surface area contributed by atoms with Crippen molar-refractivity contribution >= 4 is 5.91 Å². The van der Waals surface area contributed by atoms with E-state index in [1.165, 1.54) is 0 Å². The van der Waals surface area contributed by atoms with Gasteiger partial charge in [-0.2, -0.15) is 0 Å². The second-order valence-electron chi connectivity index (χ2n) is 1.58. The summed E-state index contributed by atoms with van der Waals surface area (Å²) in [5.41, 5.74) is 5.14. The summed E-state index contributed by atoms with van der Waals surface area (Å²) in [4.78, 5) is 10.5. The lowest BCUT2D eigenvalue weighted by molar-refractivity contribution is -0.123. The summed E-state index contributed by atoms with van der Waals surface area (Å²) in [6, 6.07) is 0. The summed E-state index contributed by atoms with van der Waals surface area (Å²) >= 11 is 0. The van der Waals surface area contributed by atoms with Crippen molar-refractivity contribution < 1.29 is 9.53 Å². The summed E-state index contributed by atoms with van der Waals surface area (Å²) in [6.45, 7) is 0.576. The smallest absolute Gasteiger partial charge is 0.252 e. The number of hydrogen-bond donors (Lipinski definition) is 2. The lowest BCUT2D eigenvalue weighted by Gasteiger charge is -1.97. The fourth-order valence-corrected chi connectivity index (χ4v) is 0.578. The molecule has 1 amide bonds. The van der Waals surface area contributed by atoms with Crippen molar-refractivity contribution in [1.82, 2.24) is 5.32 Å². The molecular weight excluding hydrogens is 108 g/mol. The van der Waals surface area contributed by atoms with Crippen LogP contribution in [0.5, 0.6) is 0 Å². The van der Waals surface area contributed by atoms with Gasteiger partial charge in [0.25, 0.3) is 5.91 Å². The Morgan fingerprint density at radius 1 is 2.00 bits per heavy atom. The molecule has 0 bridgehead atoms. The van der Waals surface area contributed by atoms with Gasteiger partial charge in [0.2, 0.25) is 0 Å². The molecule has 0 spiro atoms. The second kappa shape index (κ2) is 2.11. The predicted octanol–water partition coefficient (Wildman–Crippen LogP) is -1.58. The molecule has 4 nitrogen and oxygen atoms in total. The maximum Gasteiger partial charge on any atom is 0.252 e. The molecule has 1 saturated heterocycles. The highest BCUT2D eigenvalue weighted by molar-refractivity contribution is 5.82. The molecule has 0 saturated carbocycles. The van der Waals surface area contributed by atoms with Crippen LogP contribution in [-0.2, 0) is 9.53 Å². The molecule has 1 heterocycles. The minimum Gasteiger partial charge on any atom is -0.347 e. The number of hydrogen-bond acceptors (Lipinski definition) is 3. The normalized spacial score (nSPS) is 28.1. The van der Waals surface area contributed by atoms with E-state index in [-0.39, 0.29) is 12.5 Å². The van der Waals surface area contributed by atoms with Crippen LogP contribution in [0.25, 0.3) is 0 Å². The van der Waals surface area contributed by atoms with Crippen LogP contribution in [0, 0.1) is 0 Å². The van der Waals surface area contributed by atoms with Crippen molar-refractivity contribution in [1.29, 1.82) is 0 Å². The molecule has 1 aliphatic heterocycles. The van der Waals surface area contributed by atoms with Crippen molar-refractivity contribution in [3.05, 3.63) is 0 Å². The summed E-state index contributed by atoms with van der Waals surface area (Å²) in [5.74, 6) is -0.104. The average Bonchev–Trinajstić information content (AvgIpc) is 2.14. The monoisotopic (exact) mass is 116 g/mol. The van der Waals surface area contributed by atoms with Crippen LogP contribution in [0.15, 0.2) is 0 Å². The first kappa shape index (κ1) is 5.53. The zero-order valence-electron chi connectivity index (χ0n) is 4.39. The number of nitrogens with two attached hydrogens (primary N) is 1. The Hall–Kier alpha value is -0.610. The molecule has 46 valence electrons. The van der Waals surface area contributed by atoms with Crippen molar-refractivity contribution in [3.8, 4) is 0 Å². The van der Waals surface area contributed by atoms with E-state index in [2.05, 4.69) is 5.32 Å². The molecule has 4 heteroatoms. The standard InChI is InChI=1S/C4H8N2O2/c5-1-3-4(7)6-2-8-3/h3H,1-2,5H2,(H,6,7). The van der Waals surface area contributed by atoms with E-state index in [4.69, 9.17) is 10.5 Å². The molecule has 0 aromatic carbocycles. The summed E-state index contributed by atoms with van der Waals surface area (Å²) in [5, 5.41) is 2.48. The Kier molecular flexibility index (Phi) is 1.45. The summed E-state index contributed by atoms with van der Waals surface area (Å²) in [6.07, 6.45) is -0.407. The molecule has 1 atom stereocenters. The third-order valence-corrected chi connectivity index (χ3v) is 1.04. The quantitative estimate of drug-likeness (QED) is 0.434. The van der Waals surface area contributed by atoms with Gasteiger partial charge in [0.15, 0.2) is 6.10 Å². The number of carbonyl (C=O) groups excluding carboxylic acids is 1. The van der Waals surface area contributed by atoms with Gasteiger partial charge in [0, 0.05) is 6.54 Å². The molecule has 1 rings (SSSR count). The molecule has 0 aliphatic carbocycles. The molecule has 0 radical (unpaired) electrons. The zero-order chi connectivity index (χ0) is 5.98. The number of nitrogens with one attached hydrogen (secondary N) is 1. The number of ether oxygens (including phenoxy) is 1. The van der Waals surface area contributed by atoms with Crippen LogP contribution in [-0.4, -0.2) is 25.3 Å². The van der Waals surface area contributed by atoms with Crippen LogP contribution >= 0.6 is 0 Å². The highest BCUT2D eigenvalue weighted by Crippen LogP contribution is 1.94. The number of rotatable bonds is 1. The fraction of sp³-hybridized carbons (Fsp3) is 0.750. The first-order valence-electron chi connectivity index (χ1n) is 2.44. The topological polar surface area (TPSA) is 64.3 Å². The van der Waals surface area contributed by atoms with E-state index >= 15 is 0 Å². The molecule has 1 fully saturated rings. The van der Waals surface area contributed by atoms with E-state index in [1.54, 1.807) is 0 Å². The van der Waals surface area contributed by atoms with Crippen LogP contribution in [0.3, 0.4) is 0 Å². The minimum atomic E-state index is -0.407. The van der Waals surface area contributed by atoms with Crippen LogP contribution in [0.4, 0.5) is 0 Å². The Balaban J connectivity index is 2.42. The van der Waals surface area contributed by atoms with Crippen LogP contribution < -0.4 is 11.1 Å². The number of amides is 1. The van der Waals surface area contributed by atoms with E-state index in [0.717, 1.165) is 0 Å². The number of carbonyl (C=O) groups is 1. The van der Waals surface area contributed by atoms with Gasteiger partial charge in [-0.15, -0.1) is 0 Å². The van der Waals surface area contributed by atoms with Gasteiger partial charge in [-0.05, 0) is 0 Å². The predicted molar refractivity (Wildman–Crippen MR) is 26.9 cm³/mol. The summed E-state index contributed by atoms with van der Waals surface area (Å²) in [7, 11) is 0. The molecule has 1 unspecified atom stereocenters. The van der Waals surface area contributed by atoms with Crippen LogP contribution in [0.2, 0.25) is 0 Å². The van der Waals surface area contributed by atoms with E-state index < -0.39 is 6.10 Å². The van der Waals surface area contributed by atoms with Gasteiger partial charge in [0.05, 0.1) is 0 Å². The highest BCUT2D eigenvalue weighted by Gasteiger charge is 2.22. The van der Waals surface area contributed by atoms with E-state index in [0.29, 0.717) is 6.73 Å². The van der Waals surface area contributed by atoms with Crippen LogP contribution in [0.1, 0.15) is 0 Å². The first-order valence-corrected chi connectivity index (χ1v) is 2.44. The molecule has 0 aromatic rings. The largest absolute Gasteiger partial charge is 0.347 e. The average molecular weight is 116 g/mol. The van der Waals surface area contributed by atoms with E-state index in [1.807, 2.05) is 0 Å². The maximum absolute atomic E-state index is 10.5. The highest BCUT2D eigenvalue weighted by atomic mass is 16.5. The van der Waals surface area contributed by atoms with Gasteiger partial charge in [-0.3, -0.25) is 4.79 Å². The Morgan fingerprint density at radius 2 is 2.75 bits per heavy atom. The van der Waals surface area contributed by atoms with Crippen molar-refractivity contribution in [2.24, 2.45) is 5.73 Å². The van der Waals surface area contributed by atoms with E-state index in [9.17, 15) is 4.79 Å². The lowest BCUT2D eigenvalue weighted by atomic mass is 10.3. The fourth-order valence-electron chi connectivity index (χ4n) is 0.578. The van der Waals surface area contributed by atoms with Gasteiger partial charge in [-0.25, -0.2) is 0 Å². The minimum absolute atomic E-state index is 0.104. The molecular formula is C4H8N2O2. The maximum atomic E-state index is 10.5. The first-order chi connectivity index (χ1) is 3.84. The zero-order valence-corrected chi connectivity index (χ0v) is 4.39. The van der Waals surface area contributed by atoms with Gasteiger partial charge < -0.3 is 15.8 Å². The summed E-state index contributed by atoms with van der Waals surface area (Å²) < 4.78 is 4.83. The van der Waals surface area contributed by atoms with Gasteiger partial charge in [0.1, 0.15) is 6.73 Å². The SMILES string of the molecule is NCC1OCNC1=O. The molecule has 3 N–H and O–H groups in total. The molecule has 8 heavy (non-hydrogen) atoms. The Labute approximate surface area is 47.0 Å². The van der Waals surface area contributed by atoms with Crippen molar-refractivity contribution in [2.45, 2.75) is 6.10 Å².